The van der Waals surface area contributed by atoms with Crippen LogP contribution in [0.1, 0.15) is 13.2 Å². The van der Waals surface area contributed by atoms with Gasteiger partial charge in [-0.2, -0.15) is 4.98 Å². The first-order valence-corrected chi connectivity index (χ1v) is 10.7. The molecule has 0 radical (unpaired) electrons. The Bertz CT molecular complexity index is 1080. The van der Waals surface area contributed by atoms with Crippen LogP contribution in [-0.4, -0.2) is 59.0 Å². The summed E-state index contributed by atoms with van der Waals surface area (Å²) in [4.78, 5) is 52.2. The zero-order valence-corrected chi connectivity index (χ0v) is 16.2. The van der Waals surface area contributed by atoms with Gasteiger partial charge >= 0.3 is 0 Å². The lowest BCUT2D eigenvalue weighted by atomic mass is 9.96. The molecule has 0 aliphatic carbocycles. The summed E-state index contributed by atoms with van der Waals surface area (Å²) < 4.78 is 36.1. The van der Waals surface area contributed by atoms with Crippen LogP contribution in [0.15, 0.2) is 11.1 Å². The topological polar surface area (TPSA) is 258 Å². The molecule has 0 aromatic carbocycles. The molecule has 162 valence electrons. The SMILES string of the molecule is CC1(O)C(O)[C@@H](COP(=O)([O-])OP(=O)([O-])O)O[C@H]1n1cnc2c(=O)[nH]c(N)nc21. The maximum Gasteiger partial charge on any atom is 0.280 e. The van der Waals surface area contributed by atoms with Crippen LogP contribution < -0.4 is 21.1 Å². The second-order valence-electron chi connectivity index (χ2n) is 6.27. The van der Waals surface area contributed by atoms with Crippen molar-refractivity contribution in [2.24, 2.45) is 0 Å². The molecule has 29 heavy (non-hydrogen) atoms. The molecule has 3 heterocycles. The number of hydrogen-bond acceptors (Lipinski definition) is 13. The molecular weight excluding hydrogens is 440 g/mol. The van der Waals surface area contributed by atoms with Gasteiger partial charge in [0, 0.05) is 0 Å². The summed E-state index contributed by atoms with van der Waals surface area (Å²) in [6, 6.07) is 0. The zero-order chi connectivity index (χ0) is 21.8. The Balaban J connectivity index is 1.85. The van der Waals surface area contributed by atoms with E-state index in [0.29, 0.717) is 0 Å². The Hall–Kier alpha value is -1.71. The van der Waals surface area contributed by atoms with Crippen LogP contribution >= 0.6 is 15.6 Å². The molecule has 1 fully saturated rings. The fourth-order valence-electron chi connectivity index (χ4n) is 2.81. The summed E-state index contributed by atoms with van der Waals surface area (Å²) in [7, 11) is -11.2. The smallest absolute Gasteiger partial charge is 0.280 e. The molecule has 1 aliphatic rings. The summed E-state index contributed by atoms with van der Waals surface area (Å²) in [5.74, 6) is -0.252. The molecule has 1 aliphatic heterocycles. The number of anilines is 1. The van der Waals surface area contributed by atoms with E-state index in [-0.39, 0.29) is 17.1 Å². The van der Waals surface area contributed by atoms with Crippen LogP contribution in [0.4, 0.5) is 5.95 Å². The minimum atomic E-state index is -5.65. The molecule has 18 heteroatoms. The Morgan fingerprint density at radius 1 is 1.48 bits per heavy atom. The van der Waals surface area contributed by atoms with E-state index in [1.165, 1.54) is 0 Å². The Morgan fingerprint density at radius 2 is 2.14 bits per heavy atom. The molecular formula is C11H15N5O11P2-2. The third kappa shape index (κ3) is 4.41. The van der Waals surface area contributed by atoms with Gasteiger partial charge in [0.1, 0.15) is 17.8 Å². The highest BCUT2D eigenvalue weighted by molar-refractivity contribution is 7.59. The van der Waals surface area contributed by atoms with Gasteiger partial charge in [-0.05, 0) is 6.92 Å². The number of aliphatic hydroxyl groups excluding tert-OH is 1. The van der Waals surface area contributed by atoms with Crippen molar-refractivity contribution in [3.63, 3.8) is 0 Å². The lowest BCUT2D eigenvalue weighted by Gasteiger charge is -2.29. The van der Waals surface area contributed by atoms with Crippen molar-refractivity contribution in [2.75, 3.05) is 12.3 Å². The number of hydrogen-bond donors (Lipinski definition) is 5. The van der Waals surface area contributed by atoms with Gasteiger partial charge < -0.3 is 39.9 Å². The molecule has 2 aromatic heterocycles. The second-order valence-corrected chi connectivity index (χ2v) is 9.01. The van der Waals surface area contributed by atoms with Gasteiger partial charge in [0.25, 0.3) is 21.2 Å². The third-order valence-electron chi connectivity index (χ3n) is 4.06. The first kappa shape index (κ1) is 22.0. The van der Waals surface area contributed by atoms with Crippen molar-refractivity contribution in [2.45, 2.75) is 31.0 Å². The number of aliphatic hydroxyl groups is 2. The highest BCUT2D eigenvalue weighted by atomic mass is 31.3. The van der Waals surface area contributed by atoms with Crippen LogP contribution in [0.3, 0.4) is 0 Å². The highest BCUT2D eigenvalue weighted by Crippen LogP contribution is 2.53. The number of aromatic nitrogens is 4. The summed E-state index contributed by atoms with van der Waals surface area (Å²) >= 11 is 0. The maximum atomic E-state index is 11.9. The van der Waals surface area contributed by atoms with Gasteiger partial charge in [0.15, 0.2) is 17.4 Å². The molecule has 4 unspecified atom stereocenters. The molecule has 1 saturated heterocycles. The van der Waals surface area contributed by atoms with Crippen LogP contribution in [0.2, 0.25) is 0 Å². The summed E-state index contributed by atoms with van der Waals surface area (Å²) in [5, 5.41) is 20.9. The first-order valence-electron chi connectivity index (χ1n) is 7.70. The van der Waals surface area contributed by atoms with Crippen LogP contribution in [0.25, 0.3) is 11.2 Å². The lowest BCUT2D eigenvalue weighted by molar-refractivity contribution is -0.242. The Morgan fingerprint density at radius 3 is 2.76 bits per heavy atom. The predicted molar refractivity (Wildman–Crippen MR) is 87.6 cm³/mol. The van der Waals surface area contributed by atoms with Gasteiger partial charge in [-0.1, -0.05) is 0 Å². The summed E-state index contributed by atoms with van der Waals surface area (Å²) in [6.07, 6.45) is -3.57. The zero-order valence-electron chi connectivity index (χ0n) is 14.4. The fourth-order valence-corrected chi connectivity index (χ4v) is 4.34. The largest absolute Gasteiger partial charge is 0.756 e. The molecule has 0 amide bonds. The van der Waals surface area contributed by atoms with Gasteiger partial charge in [0.2, 0.25) is 5.95 Å². The third-order valence-corrected chi connectivity index (χ3v) is 6.15. The molecule has 2 aromatic rings. The second kappa shape index (κ2) is 7.21. The quantitative estimate of drug-likeness (QED) is 0.267. The van der Waals surface area contributed by atoms with Crippen LogP contribution in [0.5, 0.6) is 0 Å². The number of phosphoric acid groups is 2. The van der Waals surface area contributed by atoms with Crippen LogP contribution in [0, 0.1) is 0 Å². The number of aromatic amines is 1. The Labute approximate surface area is 160 Å². The molecule has 16 nitrogen and oxygen atoms in total. The van der Waals surface area contributed by atoms with Gasteiger partial charge in [-0.15, -0.1) is 0 Å². The number of rotatable bonds is 6. The van der Waals surface area contributed by atoms with E-state index in [0.717, 1.165) is 17.8 Å². The van der Waals surface area contributed by atoms with Crippen molar-refractivity contribution in [1.82, 2.24) is 19.5 Å². The van der Waals surface area contributed by atoms with Gasteiger partial charge in [-0.25, -0.2) is 9.29 Å². The van der Waals surface area contributed by atoms with E-state index in [1.807, 2.05) is 0 Å². The number of fused-ring (bicyclic) bond motifs is 1. The molecule has 0 saturated carbocycles. The number of phosphoric ester groups is 1. The van der Waals surface area contributed by atoms with Crippen LogP contribution in [-0.2, 0) is 22.7 Å². The van der Waals surface area contributed by atoms with E-state index < -0.39 is 51.8 Å². The number of nitrogens with one attached hydrogen (secondary N) is 1. The predicted octanol–water partition coefficient (Wildman–Crippen LogP) is -3.33. The number of H-pyrrole nitrogens is 1. The highest BCUT2D eigenvalue weighted by Gasteiger charge is 2.53. The van der Waals surface area contributed by atoms with E-state index in [2.05, 4.69) is 23.8 Å². The average molecular weight is 455 g/mol. The molecule has 6 N–H and O–H groups in total. The minimum absolute atomic E-state index is 0.0873. The van der Waals surface area contributed by atoms with Gasteiger partial charge in [-0.3, -0.25) is 23.5 Å². The standard InChI is InChI=1S/C11H17N5O11P2/c1-11(19)6(17)4(2-25-29(23,24)27-28(20,21)22)26-9(11)16-3-13-5-7(16)14-10(12)15-8(5)18/h3-4,6,9,17,19H,2H2,1H3,(H,23,24)(H2,20,21,22)(H3,12,14,15,18)/p-2/t4-,6?,9-,11?/m1/s1. The molecule has 0 bridgehead atoms. The number of imidazole rings is 1. The summed E-state index contributed by atoms with van der Waals surface area (Å²) in [5.41, 5.74) is 2.54. The molecule has 3 rings (SSSR count). The van der Waals surface area contributed by atoms with Crippen molar-refractivity contribution in [3.8, 4) is 0 Å². The monoisotopic (exact) mass is 455 g/mol. The van der Waals surface area contributed by atoms with Crippen molar-refractivity contribution in [3.05, 3.63) is 16.7 Å². The van der Waals surface area contributed by atoms with Crippen molar-refractivity contribution >= 4 is 32.8 Å². The normalized spacial score (nSPS) is 31.6. The number of ether oxygens (including phenoxy) is 1. The van der Waals surface area contributed by atoms with Gasteiger partial charge in [0.05, 0.1) is 12.9 Å². The minimum Gasteiger partial charge on any atom is -0.756 e. The molecule has 6 atom stereocenters. The maximum absolute atomic E-state index is 11.9. The number of nitrogens with two attached hydrogens (primary N) is 1. The first-order chi connectivity index (χ1) is 13.2. The Kier molecular flexibility index (Phi) is 5.47. The van der Waals surface area contributed by atoms with E-state index in [4.69, 9.17) is 15.4 Å². The lowest BCUT2D eigenvalue weighted by Crippen LogP contribution is -2.44. The van der Waals surface area contributed by atoms with Crippen molar-refractivity contribution < 1.29 is 47.6 Å². The van der Waals surface area contributed by atoms with E-state index in [1.54, 1.807) is 0 Å². The number of nitrogen functional groups attached to an aromatic ring is 1. The fraction of sp³-hybridized carbons (Fsp3) is 0.545. The number of nitrogens with zero attached hydrogens (tertiary/aromatic N) is 3. The summed E-state index contributed by atoms with van der Waals surface area (Å²) in [6.45, 7) is 0.176. The molecule has 0 spiro atoms. The van der Waals surface area contributed by atoms with E-state index in [9.17, 15) is 33.9 Å². The van der Waals surface area contributed by atoms with E-state index >= 15 is 0 Å². The average Bonchev–Trinajstić information content (AvgIpc) is 3.04. The van der Waals surface area contributed by atoms with Crippen molar-refractivity contribution in [1.29, 1.82) is 0 Å².